The summed E-state index contributed by atoms with van der Waals surface area (Å²) in [4.78, 5) is 10.9. The molecule has 1 rings (SSSR count). The molecule has 0 aliphatic carbocycles. The van der Waals surface area contributed by atoms with Crippen molar-refractivity contribution < 1.29 is 27.1 Å². The molecule has 0 N–H and O–H groups in total. The van der Waals surface area contributed by atoms with E-state index in [-0.39, 0.29) is 6.07 Å². The number of benzene rings is 1. The van der Waals surface area contributed by atoms with Crippen LogP contribution in [-0.4, -0.2) is 13.1 Å². The highest BCUT2D eigenvalue weighted by Gasteiger charge is 2.20. The molecule has 0 spiro atoms. The second-order valence-electron chi connectivity index (χ2n) is 2.65. The zero-order valence-electron chi connectivity index (χ0n) is 7.56. The Labute approximate surface area is 82.5 Å². The van der Waals surface area contributed by atoms with Crippen LogP contribution in [0.1, 0.15) is 22.3 Å². The third-order valence-corrected chi connectivity index (χ3v) is 1.73. The average molecular weight is 222 g/mol. The van der Waals surface area contributed by atoms with Crippen molar-refractivity contribution in [3.63, 3.8) is 0 Å². The van der Waals surface area contributed by atoms with Gasteiger partial charge in [0.15, 0.2) is 0 Å². The Morgan fingerprint density at radius 1 is 1.27 bits per heavy atom. The number of carbonyl (C=O) groups excluding carboxylic acids is 1. The van der Waals surface area contributed by atoms with Gasteiger partial charge in [0.05, 0.1) is 18.2 Å². The molecule has 0 saturated heterocycles. The van der Waals surface area contributed by atoms with Crippen molar-refractivity contribution in [2.24, 2.45) is 0 Å². The number of hydrogen-bond acceptors (Lipinski definition) is 2. The van der Waals surface area contributed by atoms with E-state index < -0.39 is 35.2 Å². The third kappa shape index (κ3) is 2.26. The summed E-state index contributed by atoms with van der Waals surface area (Å²) in [5.41, 5.74) is -1.79. The second-order valence-corrected chi connectivity index (χ2v) is 2.65. The molecule has 0 atom stereocenters. The maximum Gasteiger partial charge on any atom is 0.340 e. The summed E-state index contributed by atoms with van der Waals surface area (Å²) in [6, 6.07) is 0.676. The lowest BCUT2D eigenvalue weighted by molar-refractivity contribution is 0.0594. The van der Waals surface area contributed by atoms with Gasteiger partial charge in [-0.2, -0.15) is 0 Å². The van der Waals surface area contributed by atoms with E-state index in [4.69, 9.17) is 0 Å². The molecule has 0 unspecified atom stereocenters. The molecule has 0 aliphatic rings. The van der Waals surface area contributed by atoms with Gasteiger partial charge in [0, 0.05) is 0 Å². The molecule has 0 amide bonds. The largest absolute Gasteiger partial charge is 0.465 e. The predicted octanol–water partition coefficient (Wildman–Crippen LogP) is 2.69. The first-order valence-corrected chi connectivity index (χ1v) is 3.82. The van der Waals surface area contributed by atoms with Gasteiger partial charge in [0.1, 0.15) is 11.6 Å². The topological polar surface area (TPSA) is 26.3 Å². The van der Waals surface area contributed by atoms with E-state index in [2.05, 4.69) is 4.74 Å². The van der Waals surface area contributed by atoms with Crippen molar-refractivity contribution in [2.45, 2.75) is 6.43 Å². The Bertz CT molecular complexity index is 390. The van der Waals surface area contributed by atoms with Gasteiger partial charge < -0.3 is 4.74 Å². The molecule has 0 radical (unpaired) electrons. The van der Waals surface area contributed by atoms with Crippen LogP contribution in [0.5, 0.6) is 0 Å². The van der Waals surface area contributed by atoms with Crippen LogP contribution in [0, 0.1) is 11.6 Å². The second kappa shape index (κ2) is 4.29. The normalized spacial score (nSPS) is 10.5. The van der Waals surface area contributed by atoms with Gasteiger partial charge in [-0.1, -0.05) is 0 Å². The Kier molecular flexibility index (Phi) is 3.28. The standard InChI is InChI=1S/C9H6F4O2/c1-15-9(14)5-3-6(10)4(8(12)13)2-7(5)11/h2-3,8H,1H3. The molecule has 0 bridgehead atoms. The highest BCUT2D eigenvalue weighted by molar-refractivity contribution is 5.89. The average Bonchev–Trinajstić information content (AvgIpc) is 2.19. The van der Waals surface area contributed by atoms with Crippen molar-refractivity contribution in [1.29, 1.82) is 0 Å². The van der Waals surface area contributed by atoms with Crippen LogP contribution < -0.4 is 0 Å². The van der Waals surface area contributed by atoms with Gasteiger partial charge >= 0.3 is 5.97 Å². The fourth-order valence-corrected chi connectivity index (χ4v) is 0.996. The summed E-state index contributed by atoms with van der Waals surface area (Å²) < 4.78 is 54.3. The Balaban J connectivity index is 3.25. The lowest BCUT2D eigenvalue weighted by atomic mass is 10.1. The number of alkyl halides is 2. The van der Waals surface area contributed by atoms with E-state index in [1.54, 1.807) is 0 Å². The number of methoxy groups -OCH3 is 1. The van der Waals surface area contributed by atoms with Crippen molar-refractivity contribution in [2.75, 3.05) is 7.11 Å². The Morgan fingerprint density at radius 3 is 2.33 bits per heavy atom. The van der Waals surface area contributed by atoms with Crippen LogP contribution in [0.2, 0.25) is 0 Å². The smallest absolute Gasteiger partial charge is 0.340 e. The zero-order chi connectivity index (χ0) is 11.6. The highest BCUT2D eigenvalue weighted by Crippen LogP contribution is 2.24. The van der Waals surface area contributed by atoms with Crippen molar-refractivity contribution in [1.82, 2.24) is 0 Å². The first-order valence-electron chi connectivity index (χ1n) is 3.82. The lowest BCUT2D eigenvalue weighted by Gasteiger charge is -2.05. The monoisotopic (exact) mass is 222 g/mol. The van der Waals surface area contributed by atoms with Gasteiger partial charge in [0.25, 0.3) is 6.43 Å². The van der Waals surface area contributed by atoms with Gasteiger partial charge in [0.2, 0.25) is 0 Å². The molecular formula is C9H6F4O2. The summed E-state index contributed by atoms with van der Waals surface area (Å²) in [6.07, 6.45) is -3.13. The van der Waals surface area contributed by atoms with Crippen LogP contribution in [0.4, 0.5) is 17.6 Å². The minimum atomic E-state index is -3.13. The van der Waals surface area contributed by atoms with Crippen LogP contribution in [0.3, 0.4) is 0 Å². The number of carbonyl (C=O) groups is 1. The van der Waals surface area contributed by atoms with Crippen molar-refractivity contribution in [3.05, 3.63) is 34.9 Å². The minimum absolute atomic E-state index is 0.284. The van der Waals surface area contributed by atoms with Gasteiger partial charge in [-0.05, 0) is 12.1 Å². The van der Waals surface area contributed by atoms with Crippen LogP contribution >= 0.6 is 0 Å². The fourth-order valence-electron chi connectivity index (χ4n) is 0.996. The fraction of sp³-hybridized carbons (Fsp3) is 0.222. The zero-order valence-corrected chi connectivity index (χ0v) is 7.56. The van der Waals surface area contributed by atoms with E-state index in [1.165, 1.54) is 0 Å². The summed E-state index contributed by atoms with van der Waals surface area (Å²) in [5, 5.41) is 0. The molecule has 0 saturated carbocycles. The van der Waals surface area contributed by atoms with Gasteiger partial charge in [-0.3, -0.25) is 0 Å². The van der Waals surface area contributed by atoms with E-state index in [1.807, 2.05) is 0 Å². The molecule has 1 aromatic carbocycles. The highest BCUT2D eigenvalue weighted by atomic mass is 19.3. The first kappa shape index (κ1) is 11.5. The van der Waals surface area contributed by atoms with E-state index in [0.717, 1.165) is 7.11 Å². The maximum absolute atomic E-state index is 13.0. The summed E-state index contributed by atoms with van der Waals surface area (Å²) >= 11 is 0. The SMILES string of the molecule is COC(=O)c1cc(F)c(C(F)F)cc1F. The first-order chi connectivity index (χ1) is 6.97. The number of halogens is 4. The Morgan fingerprint density at radius 2 is 1.87 bits per heavy atom. The van der Waals surface area contributed by atoms with Crippen LogP contribution in [-0.2, 0) is 4.74 Å². The van der Waals surface area contributed by atoms with Crippen molar-refractivity contribution >= 4 is 5.97 Å². The number of esters is 1. The van der Waals surface area contributed by atoms with Crippen LogP contribution in [0.15, 0.2) is 12.1 Å². The quantitative estimate of drug-likeness (QED) is 0.568. The molecule has 2 nitrogen and oxygen atoms in total. The van der Waals surface area contributed by atoms with E-state index >= 15 is 0 Å². The number of rotatable bonds is 2. The Hall–Kier alpha value is -1.59. The predicted molar refractivity (Wildman–Crippen MR) is 42.7 cm³/mol. The molecule has 0 heterocycles. The molecule has 0 fully saturated rings. The van der Waals surface area contributed by atoms with E-state index in [0.29, 0.717) is 6.07 Å². The van der Waals surface area contributed by atoms with Crippen LogP contribution in [0.25, 0.3) is 0 Å². The number of ether oxygens (including phenoxy) is 1. The maximum atomic E-state index is 13.0. The molecule has 0 aromatic heterocycles. The minimum Gasteiger partial charge on any atom is -0.465 e. The summed E-state index contributed by atoms with van der Waals surface area (Å²) in [7, 11) is 0.973. The van der Waals surface area contributed by atoms with Crippen molar-refractivity contribution in [3.8, 4) is 0 Å². The molecule has 0 aliphatic heterocycles. The number of hydrogen-bond donors (Lipinski definition) is 0. The van der Waals surface area contributed by atoms with Gasteiger partial charge in [-0.15, -0.1) is 0 Å². The molecule has 82 valence electrons. The summed E-state index contributed by atoms with van der Waals surface area (Å²) in [6.45, 7) is 0. The molecule has 6 heteroatoms. The molecule has 15 heavy (non-hydrogen) atoms. The third-order valence-electron chi connectivity index (χ3n) is 1.73. The molecular weight excluding hydrogens is 216 g/mol. The summed E-state index contributed by atoms with van der Waals surface area (Å²) in [5.74, 6) is -3.70. The van der Waals surface area contributed by atoms with Gasteiger partial charge in [-0.25, -0.2) is 22.4 Å². The molecule has 1 aromatic rings. The van der Waals surface area contributed by atoms with E-state index in [9.17, 15) is 22.4 Å². The lowest BCUT2D eigenvalue weighted by Crippen LogP contribution is -2.07.